The zero-order valence-corrected chi connectivity index (χ0v) is 8.36. The minimum absolute atomic E-state index is 0.434. The van der Waals surface area contributed by atoms with E-state index < -0.39 is 6.10 Å². The molecule has 0 bridgehead atoms. The highest BCUT2D eigenvalue weighted by molar-refractivity contribution is 5.42. The first kappa shape index (κ1) is 9.99. The molecule has 0 aromatic carbocycles. The molecule has 0 amide bonds. The Labute approximate surface area is 79.0 Å². The molecule has 1 rings (SSSR count). The number of aromatic nitrogens is 1. The van der Waals surface area contributed by atoms with Gasteiger partial charge in [0.05, 0.1) is 23.7 Å². The van der Waals surface area contributed by atoms with Gasteiger partial charge in [-0.15, -0.1) is 0 Å². The van der Waals surface area contributed by atoms with Gasteiger partial charge in [0.1, 0.15) is 0 Å². The van der Waals surface area contributed by atoms with E-state index in [9.17, 15) is 5.11 Å². The first-order valence-corrected chi connectivity index (χ1v) is 4.46. The first-order chi connectivity index (χ1) is 6.15. The molecule has 1 atom stereocenters. The number of rotatable bonds is 3. The van der Waals surface area contributed by atoms with Crippen LogP contribution in [0.5, 0.6) is 0 Å². The number of nitrogens with zero attached hydrogens (tertiary/aromatic N) is 2. The van der Waals surface area contributed by atoms with Crippen molar-refractivity contribution in [3.05, 3.63) is 24.0 Å². The van der Waals surface area contributed by atoms with E-state index in [0.717, 1.165) is 11.4 Å². The smallest absolute Gasteiger partial charge is 0.0957 e. The van der Waals surface area contributed by atoms with Gasteiger partial charge in [-0.3, -0.25) is 4.98 Å². The zero-order valence-electron chi connectivity index (χ0n) is 8.36. The summed E-state index contributed by atoms with van der Waals surface area (Å²) in [6.07, 6.45) is 2.04. The quantitative estimate of drug-likeness (QED) is 0.767. The third kappa shape index (κ3) is 2.42. The summed E-state index contributed by atoms with van der Waals surface area (Å²) in [7, 11) is 3.93. The summed E-state index contributed by atoms with van der Waals surface area (Å²) in [5.74, 6) is 0. The van der Waals surface area contributed by atoms with E-state index in [2.05, 4.69) is 4.98 Å². The van der Waals surface area contributed by atoms with Gasteiger partial charge in [0, 0.05) is 14.1 Å². The van der Waals surface area contributed by atoms with Crippen LogP contribution in [0, 0.1) is 0 Å². The van der Waals surface area contributed by atoms with Crippen molar-refractivity contribution in [1.29, 1.82) is 0 Å². The lowest BCUT2D eigenvalue weighted by Gasteiger charge is -2.13. The van der Waals surface area contributed by atoms with Crippen molar-refractivity contribution in [2.75, 3.05) is 19.0 Å². The molecule has 0 aliphatic carbocycles. The summed E-state index contributed by atoms with van der Waals surface area (Å²) < 4.78 is 0. The van der Waals surface area contributed by atoms with Gasteiger partial charge in [-0.2, -0.15) is 0 Å². The van der Waals surface area contributed by atoms with Crippen molar-refractivity contribution in [3.8, 4) is 0 Å². The minimum atomic E-state index is -0.434. The monoisotopic (exact) mass is 180 g/mol. The summed E-state index contributed by atoms with van der Waals surface area (Å²) in [5.41, 5.74) is 1.79. The Hall–Kier alpha value is -1.09. The second kappa shape index (κ2) is 4.23. The third-order valence-electron chi connectivity index (χ3n) is 2.02. The van der Waals surface area contributed by atoms with E-state index in [1.54, 1.807) is 6.20 Å². The summed E-state index contributed by atoms with van der Waals surface area (Å²) in [4.78, 5) is 6.16. The largest absolute Gasteiger partial charge is 0.387 e. The second-order valence-corrected chi connectivity index (χ2v) is 3.26. The van der Waals surface area contributed by atoms with Crippen LogP contribution in [-0.4, -0.2) is 24.2 Å². The average Bonchev–Trinajstić information content (AvgIpc) is 2.17. The van der Waals surface area contributed by atoms with E-state index in [4.69, 9.17) is 0 Å². The number of hydrogen-bond acceptors (Lipinski definition) is 3. The van der Waals surface area contributed by atoms with Gasteiger partial charge < -0.3 is 10.0 Å². The highest BCUT2D eigenvalue weighted by Crippen LogP contribution is 2.16. The van der Waals surface area contributed by atoms with Crippen LogP contribution < -0.4 is 4.90 Å². The van der Waals surface area contributed by atoms with E-state index in [0.29, 0.717) is 6.42 Å². The average molecular weight is 180 g/mol. The van der Waals surface area contributed by atoms with Crippen LogP contribution in [0.1, 0.15) is 25.1 Å². The molecule has 3 nitrogen and oxygen atoms in total. The molecule has 0 fully saturated rings. The zero-order chi connectivity index (χ0) is 9.84. The Bertz CT molecular complexity index is 256. The van der Waals surface area contributed by atoms with Crippen LogP contribution >= 0.6 is 0 Å². The molecule has 1 N–H and O–H groups in total. The molecule has 1 aromatic heterocycles. The number of hydrogen-bond donors (Lipinski definition) is 1. The number of pyridine rings is 1. The Morgan fingerprint density at radius 1 is 1.46 bits per heavy atom. The van der Waals surface area contributed by atoms with Gasteiger partial charge in [-0.1, -0.05) is 6.92 Å². The molecular weight excluding hydrogens is 164 g/mol. The Morgan fingerprint density at radius 3 is 2.54 bits per heavy atom. The predicted octanol–water partition coefficient (Wildman–Crippen LogP) is 1.59. The Balaban J connectivity index is 2.81. The number of anilines is 1. The molecule has 0 saturated heterocycles. The molecule has 0 aliphatic rings. The molecule has 3 heteroatoms. The van der Waals surface area contributed by atoms with E-state index in [-0.39, 0.29) is 0 Å². The summed E-state index contributed by atoms with van der Waals surface area (Å²) >= 11 is 0. The second-order valence-electron chi connectivity index (χ2n) is 3.26. The van der Waals surface area contributed by atoms with Gasteiger partial charge in [0.25, 0.3) is 0 Å². The molecule has 1 aromatic rings. The van der Waals surface area contributed by atoms with Crippen molar-refractivity contribution in [2.24, 2.45) is 0 Å². The highest BCUT2D eigenvalue weighted by Gasteiger charge is 2.05. The van der Waals surface area contributed by atoms with Crippen LogP contribution in [-0.2, 0) is 0 Å². The minimum Gasteiger partial charge on any atom is -0.387 e. The predicted molar refractivity (Wildman–Crippen MR) is 53.8 cm³/mol. The van der Waals surface area contributed by atoms with Gasteiger partial charge in [-0.05, 0) is 18.6 Å². The van der Waals surface area contributed by atoms with Crippen molar-refractivity contribution in [3.63, 3.8) is 0 Å². The molecule has 0 unspecified atom stereocenters. The molecule has 0 spiro atoms. The van der Waals surface area contributed by atoms with Crippen molar-refractivity contribution in [2.45, 2.75) is 19.4 Å². The Morgan fingerprint density at radius 2 is 2.15 bits per heavy atom. The fraction of sp³-hybridized carbons (Fsp3) is 0.500. The third-order valence-corrected chi connectivity index (χ3v) is 2.02. The fourth-order valence-corrected chi connectivity index (χ4v) is 1.07. The van der Waals surface area contributed by atoms with E-state index in [1.165, 1.54) is 0 Å². The summed E-state index contributed by atoms with van der Waals surface area (Å²) in [6.45, 7) is 1.94. The number of aliphatic hydroxyl groups is 1. The van der Waals surface area contributed by atoms with Crippen LogP contribution in [0.4, 0.5) is 5.69 Å². The van der Waals surface area contributed by atoms with Gasteiger partial charge in [0.15, 0.2) is 0 Å². The molecule has 72 valence electrons. The molecule has 13 heavy (non-hydrogen) atoms. The van der Waals surface area contributed by atoms with Crippen LogP contribution in [0.25, 0.3) is 0 Å². The van der Waals surface area contributed by atoms with Gasteiger partial charge in [0.2, 0.25) is 0 Å². The molecule has 0 aliphatic heterocycles. The van der Waals surface area contributed by atoms with Crippen molar-refractivity contribution in [1.82, 2.24) is 4.98 Å². The summed E-state index contributed by atoms with van der Waals surface area (Å²) in [5, 5.41) is 9.48. The van der Waals surface area contributed by atoms with Crippen LogP contribution in [0.2, 0.25) is 0 Å². The van der Waals surface area contributed by atoms with Crippen molar-refractivity contribution >= 4 is 5.69 Å². The molecule has 1 heterocycles. The first-order valence-electron chi connectivity index (χ1n) is 4.46. The molecular formula is C10H16N2O. The van der Waals surface area contributed by atoms with Crippen LogP contribution in [0.15, 0.2) is 18.3 Å². The lowest BCUT2D eigenvalue weighted by Crippen LogP contribution is -2.09. The fourth-order valence-electron chi connectivity index (χ4n) is 1.07. The topological polar surface area (TPSA) is 36.4 Å². The normalized spacial score (nSPS) is 12.6. The molecule has 0 saturated carbocycles. The number of aliphatic hydroxyl groups excluding tert-OH is 1. The van der Waals surface area contributed by atoms with Crippen LogP contribution in [0.3, 0.4) is 0 Å². The lowest BCUT2D eigenvalue weighted by molar-refractivity contribution is 0.169. The van der Waals surface area contributed by atoms with E-state index in [1.807, 2.05) is 38.1 Å². The Kier molecular flexibility index (Phi) is 3.25. The van der Waals surface area contributed by atoms with E-state index >= 15 is 0 Å². The summed E-state index contributed by atoms with van der Waals surface area (Å²) in [6, 6.07) is 3.82. The maximum atomic E-state index is 9.48. The van der Waals surface area contributed by atoms with Gasteiger partial charge in [-0.25, -0.2) is 0 Å². The SMILES string of the molecule is CC[C@H](O)c1ccc(N(C)C)cn1. The van der Waals surface area contributed by atoms with Gasteiger partial charge >= 0.3 is 0 Å². The molecule has 0 radical (unpaired) electrons. The lowest BCUT2D eigenvalue weighted by atomic mass is 10.2. The standard InChI is InChI=1S/C10H16N2O/c1-4-10(13)9-6-5-8(7-11-9)12(2)3/h5-7,10,13H,4H2,1-3H3/t10-/m0/s1. The maximum absolute atomic E-state index is 9.48. The highest BCUT2D eigenvalue weighted by atomic mass is 16.3. The van der Waals surface area contributed by atoms with Crippen molar-refractivity contribution < 1.29 is 5.11 Å². The maximum Gasteiger partial charge on any atom is 0.0957 e.